The largest absolute Gasteiger partial charge is 0.353 e. The molecule has 0 aliphatic carbocycles. The zero-order chi connectivity index (χ0) is 20.6. The summed E-state index contributed by atoms with van der Waals surface area (Å²) < 4.78 is 2.47. The number of H-pyrrole nitrogens is 1. The SMILES string of the molecule is Bc1c(B)c(B)c2c(c1B)c1ccccc1n2-c1cccc2c1[nH]c1ccccc12. The van der Waals surface area contributed by atoms with Gasteiger partial charge in [-0.1, -0.05) is 64.9 Å². The van der Waals surface area contributed by atoms with Crippen LogP contribution < -0.4 is 21.9 Å². The highest BCUT2D eigenvalue weighted by Crippen LogP contribution is 2.34. The molecular formula is C24H20B4N2. The van der Waals surface area contributed by atoms with E-state index in [-0.39, 0.29) is 0 Å². The van der Waals surface area contributed by atoms with Gasteiger partial charge in [-0.05, 0) is 18.2 Å². The molecule has 1 N–H and O–H groups in total. The standard InChI is InChI=1S/C24H20B4N2/c25-19-18-14-7-2-4-10-16(14)30(24(18)22(28)21(27)20(19)26)17-11-5-8-13-12-6-1-3-9-15(12)29-23(13)17/h1-11,29H,25-28H2. The zero-order valence-electron chi connectivity index (χ0n) is 17.8. The summed E-state index contributed by atoms with van der Waals surface area (Å²) in [5.41, 5.74) is 11.7. The highest BCUT2D eigenvalue weighted by atomic mass is 15.0. The number of benzene rings is 4. The summed E-state index contributed by atoms with van der Waals surface area (Å²) in [5.74, 6) is 0. The number of aromatic nitrogens is 2. The number of para-hydroxylation sites is 3. The molecule has 30 heavy (non-hydrogen) atoms. The first-order valence-corrected chi connectivity index (χ1v) is 10.6. The minimum absolute atomic E-state index is 1.18. The molecule has 0 saturated carbocycles. The maximum atomic E-state index is 3.70. The highest BCUT2D eigenvalue weighted by molar-refractivity contribution is 6.67. The maximum Gasteiger partial charge on any atom is 0.141 e. The van der Waals surface area contributed by atoms with E-state index in [1.54, 1.807) is 0 Å². The summed E-state index contributed by atoms with van der Waals surface area (Å²) in [6, 6.07) is 24.0. The Morgan fingerprint density at radius 2 is 1.27 bits per heavy atom. The van der Waals surface area contributed by atoms with Gasteiger partial charge < -0.3 is 9.55 Å². The van der Waals surface area contributed by atoms with Crippen molar-refractivity contribution in [3.63, 3.8) is 0 Å². The molecule has 2 aromatic heterocycles. The monoisotopic (exact) mass is 380 g/mol. The van der Waals surface area contributed by atoms with Gasteiger partial charge in [0.2, 0.25) is 0 Å². The molecule has 0 saturated heterocycles. The second-order valence-electron chi connectivity index (χ2n) is 8.45. The summed E-state index contributed by atoms with van der Waals surface area (Å²) in [5, 5.41) is 5.24. The topological polar surface area (TPSA) is 20.7 Å². The Labute approximate surface area is 178 Å². The van der Waals surface area contributed by atoms with Gasteiger partial charge in [0.25, 0.3) is 0 Å². The first-order chi connectivity index (χ1) is 14.6. The normalized spacial score (nSPS) is 11.9. The van der Waals surface area contributed by atoms with Crippen LogP contribution in [0.15, 0.2) is 66.7 Å². The van der Waals surface area contributed by atoms with E-state index in [9.17, 15) is 0 Å². The van der Waals surface area contributed by atoms with E-state index in [2.05, 4.69) is 108 Å². The Kier molecular flexibility index (Phi) is 3.59. The minimum atomic E-state index is 1.18. The Bertz CT molecular complexity index is 1640. The highest BCUT2D eigenvalue weighted by Gasteiger charge is 2.20. The maximum absolute atomic E-state index is 3.70. The molecule has 0 aliphatic rings. The predicted octanol–water partition coefficient (Wildman–Crippen LogP) is -0.548. The van der Waals surface area contributed by atoms with Crippen LogP contribution in [0.4, 0.5) is 0 Å². The van der Waals surface area contributed by atoms with E-state index in [0.717, 1.165) is 0 Å². The summed E-state index contributed by atoms with van der Waals surface area (Å²) in [6.07, 6.45) is 0. The number of hydrogen-bond donors (Lipinski definition) is 1. The van der Waals surface area contributed by atoms with Gasteiger partial charge in [-0.2, -0.15) is 0 Å². The molecule has 0 unspecified atom stereocenters. The van der Waals surface area contributed by atoms with Crippen molar-refractivity contribution >= 4 is 96.8 Å². The average molecular weight is 380 g/mol. The van der Waals surface area contributed by atoms with Gasteiger partial charge >= 0.3 is 0 Å². The summed E-state index contributed by atoms with van der Waals surface area (Å²) in [7, 11) is 9.04. The Hall–Kier alpha value is -3.26. The minimum Gasteiger partial charge on any atom is -0.353 e. The van der Waals surface area contributed by atoms with Gasteiger partial charge in [0, 0.05) is 32.6 Å². The van der Waals surface area contributed by atoms with Gasteiger partial charge in [0.15, 0.2) is 0 Å². The van der Waals surface area contributed by atoms with Gasteiger partial charge in [0.1, 0.15) is 31.4 Å². The first-order valence-electron chi connectivity index (χ1n) is 10.6. The second kappa shape index (κ2) is 6.12. The molecule has 6 heteroatoms. The number of aromatic amines is 1. The van der Waals surface area contributed by atoms with E-state index in [1.165, 1.54) is 71.2 Å². The van der Waals surface area contributed by atoms with Gasteiger partial charge in [-0.25, -0.2) is 0 Å². The van der Waals surface area contributed by atoms with Crippen LogP contribution in [-0.2, 0) is 0 Å². The van der Waals surface area contributed by atoms with Crippen molar-refractivity contribution in [2.45, 2.75) is 0 Å². The zero-order valence-corrected chi connectivity index (χ0v) is 17.8. The van der Waals surface area contributed by atoms with Crippen molar-refractivity contribution in [1.82, 2.24) is 9.55 Å². The fourth-order valence-electron chi connectivity index (χ4n) is 5.20. The number of nitrogens with one attached hydrogen (secondary N) is 1. The predicted molar refractivity (Wildman–Crippen MR) is 143 cm³/mol. The molecular weight excluding hydrogens is 360 g/mol. The molecule has 4 aromatic carbocycles. The Morgan fingerprint density at radius 3 is 2.10 bits per heavy atom. The molecule has 0 bridgehead atoms. The van der Waals surface area contributed by atoms with Gasteiger partial charge in [-0.3, -0.25) is 0 Å². The molecule has 2 heterocycles. The molecule has 0 spiro atoms. The molecule has 0 amide bonds. The van der Waals surface area contributed by atoms with Gasteiger partial charge in [0.05, 0.1) is 16.7 Å². The summed E-state index contributed by atoms with van der Waals surface area (Å²) in [4.78, 5) is 3.70. The molecule has 2 nitrogen and oxygen atoms in total. The lowest BCUT2D eigenvalue weighted by atomic mass is 9.65. The molecule has 0 radical (unpaired) electrons. The molecule has 138 valence electrons. The van der Waals surface area contributed by atoms with E-state index in [1.807, 2.05) is 0 Å². The third-order valence-corrected chi connectivity index (χ3v) is 7.05. The third-order valence-electron chi connectivity index (χ3n) is 7.05. The van der Waals surface area contributed by atoms with Crippen LogP contribution in [0, 0.1) is 0 Å². The van der Waals surface area contributed by atoms with Crippen molar-refractivity contribution in [2.75, 3.05) is 0 Å². The Morgan fingerprint density at radius 1 is 0.600 bits per heavy atom. The van der Waals surface area contributed by atoms with E-state index < -0.39 is 0 Å². The van der Waals surface area contributed by atoms with Crippen molar-refractivity contribution < 1.29 is 0 Å². The number of rotatable bonds is 1. The summed E-state index contributed by atoms with van der Waals surface area (Å²) >= 11 is 0. The Balaban J connectivity index is 1.88. The van der Waals surface area contributed by atoms with E-state index >= 15 is 0 Å². The summed E-state index contributed by atoms with van der Waals surface area (Å²) in [6.45, 7) is 0. The quantitative estimate of drug-likeness (QED) is 0.370. The molecule has 0 aliphatic heterocycles. The lowest BCUT2D eigenvalue weighted by molar-refractivity contribution is 1.19. The average Bonchev–Trinajstić information content (AvgIpc) is 3.32. The van der Waals surface area contributed by atoms with E-state index in [4.69, 9.17) is 0 Å². The first kappa shape index (κ1) is 17.6. The number of fused-ring (bicyclic) bond motifs is 6. The van der Waals surface area contributed by atoms with E-state index in [0.29, 0.717) is 0 Å². The van der Waals surface area contributed by atoms with Crippen molar-refractivity contribution in [3.05, 3.63) is 66.7 Å². The molecule has 0 fully saturated rings. The van der Waals surface area contributed by atoms with Gasteiger partial charge in [-0.15, -0.1) is 5.46 Å². The molecule has 6 rings (SSSR count). The van der Waals surface area contributed by atoms with Crippen LogP contribution >= 0.6 is 0 Å². The number of hydrogen-bond acceptors (Lipinski definition) is 0. The lowest BCUT2D eigenvalue weighted by Gasteiger charge is -2.16. The fraction of sp³-hybridized carbons (Fsp3) is 0. The van der Waals surface area contributed by atoms with Crippen LogP contribution in [-0.4, -0.2) is 40.9 Å². The third kappa shape index (κ3) is 2.14. The van der Waals surface area contributed by atoms with Crippen molar-refractivity contribution in [1.29, 1.82) is 0 Å². The van der Waals surface area contributed by atoms with Crippen molar-refractivity contribution in [3.8, 4) is 5.69 Å². The van der Waals surface area contributed by atoms with Crippen LogP contribution in [0.5, 0.6) is 0 Å². The smallest absolute Gasteiger partial charge is 0.141 e. The van der Waals surface area contributed by atoms with Crippen LogP contribution in [0.3, 0.4) is 0 Å². The van der Waals surface area contributed by atoms with Crippen LogP contribution in [0.1, 0.15) is 0 Å². The second-order valence-corrected chi connectivity index (χ2v) is 8.45. The number of nitrogens with zero attached hydrogens (tertiary/aromatic N) is 1. The van der Waals surface area contributed by atoms with Crippen LogP contribution in [0.2, 0.25) is 0 Å². The molecule has 6 aromatic rings. The molecule has 0 atom stereocenters. The lowest BCUT2D eigenvalue weighted by Crippen LogP contribution is -2.48. The fourth-order valence-corrected chi connectivity index (χ4v) is 5.20. The van der Waals surface area contributed by atoms with Crippen LogP contribution in [0.25, 0.3) is 49.3 Å². The van der Waals surface area contributed by atoms with Crippen molar-refractivity contribution in [2.24, 2.45) is 0 Å².